The fourth-order valence-electron chi connectivity index (χ4n) is 1.51. The van der Waals surface area contributed by atoms with Crippen LogP contribution >= 0.6 is 24.0 Å². The van der Waals surface area contributed by atoms with E-state index in [9.17, 15) is 13.2 Å². The van der Waals surface area contributed by atoms with Crippen LogP contribution in [0.15, 0.2) is 29.4 Å². The first kappa shape index (κ1) is 15.1. The van der Waals surface area contributed by atoms with Gasteiger partial charge >= 0.3 is 0 Å². The van der Waals surface area contributed by atoms with Crippen molar-refractivity contribution in [2.45, 2.75) is 0 Å². The van der Waals surface area contributed by atoms with Crippen molar-refractivity contribution in [2.24, 2.45) is 0 Å². The highest BCUT2D eigenvalue weighted by Gasteiger charge is 2.32. The van der Waals surface area contributed by atoms with E-state index in [1.54, 1.807) is 30.6 Å². The van der Waals surface area contributed by atoms with Gasteiger partial charge in [0.15, 0.2) is 0 Å². The van der Waals surface area contributed by atoms with E-state index >= 15 is 0 Å². The Balaban J connectivity index is 2.15. The van der Waals surface area contributed by atoms with E-state index < -0.39 is 15.9 Å². The second-order valence-corrected chi connectivity index (χ2v) is 7.15. The lowest BCUT2D eigenvalue weighted by Gasteiger charge is -2.12. The molecule has 1 aromatic rings. The van der Waals surface area contributed by atoms with E-state index in [2.05, 4.69) is 4.98 Å². The third-order valence-corrected chi connectivity index (χ3v) is 4.50. The summed E-state index contributed by atoms with van der Waals surface area (Å²) in [6, 6.07) is 3.53. The highest BCUT2D eigenvalue weighted by molar-refractivity contribution is 8.26. The second-order valence-electron chi connectivity index (χ2n) is 3.91. The molecule has 1 aromatic heterocycles. The number of amides is 1. The molecule has 1 N–H and O–H groups in total. The van der Waals surface area contributed by atoms with Crippen LogP contribution in [0.4, 0.5) is 0 Å². The van der Waals surface area contributed by atoms with Gasteiger partial charge in [0.2, 0.25) is 0 Å². The normalized spacial score (nSPS) is 18.1. The molecule has 6 nitrogen and oxygen atoms in total. The Hall–Kier alpha value is -1.29. The topological polar surface area (TPSA) is 87.6 Å². The molecule has 0 aliphatic carbocycles. The maximum absolute atomic E-state index is 12.1. The van der Waals surface area contributed by atoms with E-state index in [0.29, 0.717) is 4.91 Å². The average Bonchev–Trinajstić information content (AvgIpc) is 2.63. The van der Waals surface area contributed by atoms with Crippen molar-refractivity contribution in [2.75, 3.05) is 12.3 Å². The third kappa shape index (κ3) is 3.85. The molecule has 0 saturated carbocycles. The first-order valence-electron chi connectivity index (χ1n) is 5.47. The number of thiocarbonyl (C=S) groups is 1. The van der Waals surface area contributed by atoms with Gasteiger partial charge in [-0.2, -0.15) is 8.42 Å². The van der Waals surface area contributed by atoms with Crippen molar-refractivity contribution in [3.63, 3.8) is 0 Å². The fourth-order valence-corrected chi connectivity index (χ4v) is 3.23. The zero-order chi connectivity index (χ0) is 14.8. The van der Waals surface area contributed by atoms with Gasteiger partial charge in [-0.1, -0.05) is 30.0 Å². The molecular weight excluding hydrogens is 320 g/mol. The predicted octanol–water partition coefficient (Wildman–Crippen LogP) is 1.17. The number of pyridine rings is 1. The van der Waals surface area contributed by atoms with Gasteiger partial charge in [-0.05, 0) is 17.7 Å². The van der Waals surface area contributed by atoms with Crippen molar-refractivity contribution >= 4 is 50.4 Å². The monoisotopic (exact) mass is 330 g/mol. The summed E-state index contributed by atoms with van der Waals surface area (Å²) in [5.74, 6) is -0.910. The number of hydrogen-bond acceptors (Lipinski definition) is 6. The van der Waals surface area contributed by atoms with Crippen LogP contribution in [-0.4, -0.2) is 45.4 Å². The van der Waals surface area contributed by atoms with Crippen LogP contribution in [0.3, 0.4) is 0 Å². The Labute approximate surface area is 125 Å². The van der Waals surface area contributed by atoms with Gasteiger partial charge in [0.25, 0.3) is 16.0 Å². The van der Waals surface area contributed by atoms with Gasteiger partial charge in [0.1, 0.15) is 4.32 Å². The largest absolute Gasteiger partial charge is 0.292 e. The highest BCUT2D eigenvalue weighted by atomic mass is 32.2. The number of thioether (sulfide) groups is 1. The summed E-state index contributed by atoms with van der Waals surface area (Å²) in [6.07, 6.45) is 4.86. The lowest BCUT2D eigenvalue weighted by atomic mass is 10.2. The first-order valence-corrected chi connectivity index (χ1v) is 8.31. The van der Waals surface area contributed by atoms with Crippen LogP contribution in [-0.2, 0) is 14.9 Å². The van der Waals surface area contributed by atoms with Gasteiger partial charge in [0.05, 0.1) is 10.7 Å². The molecule has 1 aliphatic rings. The second kappa shape index (κ2) is 6.00. The standard InChI is InChI=1S/C11H10N2O4S3/c14-10-9(6-8-2-1-3-12-7-8)19-11(18)13(10)4-5-20(15,16)17/h1-3,6-7H,4-5H2,(H,15,16,17). The zero-order valence-electron chi connectivity index (χ0n) is 10.1. The van der Waals surface area contributed by atoms with E-state index in [-0.39, 0.29) is 16.8 Å². The van der Waals surface area contributed by atoms with Gasteiger partial charge < -0.3 is 0 Å². The first-order chi connectivity index (χ1) is 9.37. The quantitative estimate of drug-likeness (QED) is 0.504. The molecule has 1 fully saturated rings. The van der Waals surface area contributed by atoms with E-state index in [4.69, 9.17) is 16.8 Å². The smallest absolute Gasteiger partial charge is 0.266 e. The number of hydrogen-bond donors (Lipinski definition) is 1. The van der Waals surface area contributed by atoms with Crippen LogP contribution in [0.5, 0.6) is 0 Å². The molecular formula is C11H10N2O4S3. The summed E-state index contributed by atoms with van der Waals surface area (Å²) in [6.45, 7) is -0.159. The molecule has 0 unspecified atom stereocenters. The Morgan fingerprint density at radius 1 is 1.50 bits per heavy atom. The lowest BCUT2D eigenvalue weighted by molar-refractivity contribution is -0.121. The van der Waals surface area contributed by atoms with Crippen molar-refractivity contribution < 1.29 is 17.8 Å². The molecule has 1 amide bonds. The summed E-state index contributed by atoms with van der Waals surface area (Å²) in [5, 5.41) is 0. The lowest BCUT2D eigenvalue weighted by Crippen LogP contribution is -2.32. The van der Waals surface area contributed by atoms with Crippen LogP contribution in [0.1, 0.15) is 5.56 Å². The summed E-state index contributed by atoms with van der Waals surface area (Å²) in [7, 11) is -4.13. The van der Waals surface area contributed by atoms with E-state index in [0.717, 1.165) is 22.2 Å². The maximum Gasteiger partial charge on any atom is 0.266 e. The predicted molar refractivity (Wildman–Crippen MR) is 80.5 cm³/mol. The summed E-state index contributed by atoms with van der Waals surface area (Å²) >= 11 is 6.13. The molecule has 2 rings (SSSR count). The van der Waals surface area contributed by atoms with Gasteiger partial charge in [-0.3, -0.25) is 19.2 Å². The van der Waals surface area contributed by atoms with Crippen molar-refractivity contribution in [1.29, 1.82) is 0 Å². The maximum atomic E-state index is 12.1. The van der Waals surface area contributed by atoms with Crippen LogP contribution in [0.25, 0.3) is 6.08 Å². The zero-order valence-corrected chi connectivity index (χ0v) is 12.5. The van der Waals surface area contributed by atoms with Gasteiger partial charge in [-0.25, -0.2) is 0 Å². The third-order valence-electron chi connectivity index (χ3n) is 2.43. The number of carbonyl (C=O) groups excluding carboxylic acids is 1. The number of carbonyl (C=O) groups is 1. The minimum absolute atomic E-state index is 0.159. The minimum Gasteiger partial charge on any atom is -0.292 e. The Morgan fingerprint density at radius 3 is 2.85 bits per heavy atom. The Kier molecular flexibility index (Phi) is 4.53. The summed E-state index contributed by atoms with van der Waals surface area (Å²) in [5.41, 5.74) is 0.753. The SMILES string of the molecule is O=C1C(=Cc2cccnc2)SC(=S)N1CCS(=O)(=O)O. The molecule has 2 heterocycles. The van der Waals surface area contributed by atoms with Crippen molar-refractivity contribution in [3.8, 4) is 0 Å². The number of rotatable bonds is 4. The molecule has 1 aliphatic heterocycles. The Morgan fingerprint density at radius 2 is 2.25 bits per heavy atom. The molecule has 0 bridgehead atoms. The van der Waals surface area contributed by atoms with E-state index in [1.807, 2.05) is 0 Å². The van der Waals surface area contributed by atoms with E-state index in [1.165, 1.54) is 0 Å². The molecule has 106 valence electrons. The highest BCUT2D eigenvalue weighted by Crippen LogP contribution is 2.32. The number of nitrogens with zero attached hydrogens (tertiary/aromatic N) is 2. The average molecular weight is 330 g/mol. The summed E-state index contributed by atoms with van der Waals surface area (Å²) in [4.78, 5) is 17.6. The fraction of sp³-hybridized carbons (Fsp3) is 0.182. The molecule has 0 atom stereocenters. The Bertz CT molecular complexity index is 670. The van der Waals surface area contributed by atoms with Crippen molar-refractivity contribution in [1.82, 2.24) is 9.88 Å². The van der Waals surface area contributed by atoms with Crippen LogP contribution in [0, 0.1) is 0 Å². The molecule has 0 spiro atoms. The minimum atomic E-state index is -4.13. The molecule has 0 aromatic carbocycles. The van der Waals surface area contributed by atoms with Gasteiger partial charge in [0, 0.05) is 18.9 Å². The molecule has 20 heavy (non-hydrogen) atoms. The molecule has 1 saturated heterocycles. The number of aromatic nitrogens is 1. The molecule has 0 radical (unpaired) electrons. The van der Waals surface area contributed by atoms with Crippen molar-refractivity contribution in [3.05, 3.63) is 35.0 Å². The van der Waals surface area contributed by atoms with Crippen LogP contribution in [0.2, 0.25) is 0 Å². The molecule has 9 heteroatoms. The summed E-state index contributed by atoms with van der Waals surface area (Å²) < 4.78 is 30.4. The van der Waals surface area contributed by atoms with Crippen LogP contribution < -0.4 is 0 Å². The van der Waals surface area contributed by atoms with Gasteiger partial charge in [-0.15, -0.1) is 0 Å².